The number of nitrogens with two attached hydrogens (primary N) is 1. The van der Waals surface area contributed by atoms with Crippen molar-refractivity contribution in [3.05, 3.63) is 18.2 Å². The van der Waals surface area contributed by atoms with Gasteiger partial charge in [-0.15, -0.1) is 0 Å². The van der Waals surface area contributed by atoms with Crippen LogP contribution in [0.5, 0.6) is 0 Å². The number of carbonyl (C=O) groups excluding carboxylic acids is 1. The molecule has 94 valence electrons. The normalized spacial score (nSPS) is 19.0. The molecule has 1 aliphatic rings. The van der Waals surface area contributed by atoms with Crippen LogP contribution in [0.1, 0.15) is 38.9 Å². The van der Waals surface area contributed by atoms with Crippen LogP contribution in [0, 0.1) is 5.92 Å². The number of carbonyl (C=O) groups is 1. The Balaban J connectivity index is 2.04. The van der Waals surface area contributed by atoms with Gasteiger partial charge in [0, 0.05) is 18.9 Å². The SMILES string of the molecule is CCCn1ccnc1CC(=O)C(C)(N)C1CC1. The van der Waals surface area contributed by atoms with Gasteiger partial charge in [0.25, 0.3) is 0 Å². The number of aromatic nitrogens is 2. The molecule has 0 bridgehead atoms. The van der Waals surface area contributed by atoms with Gasteiger partial charge in [0.15, 0.2) is 5.78 Å². The van der Waals surface area contributed by atoms with Gasteiger partial charge in [-0.05, 0) is 32.1 Å². The molecule has 0 saturated heterocycles. The highest BCUT2D eigenvalue weighted by atomic mass is 16.1. The molecule has 4 nitrogen and oxygen atoms in total. The van der Waals surface area contributed by atoms with E-state index < -0.39 is 5.54 Å². The molecule has 1 aliphatic carbocycles. The second-order valence-electron chi connectivity index (χ2n) is 5.19. The van der Waals surface area contributed by atoms with E-state index in [9.17, 15) is 4.79 Å². The van der Waals surface area contributed by atoms with Crippen molar-refractivity contribution in [2.45, 2.75) is 51.6 Å². The molecule has 1 atom stereocenters. The molecule has 0 spiro atoms. The number of imidazole rings is 1. The van der Waals surface area contributed by atoms with Gasteiger partial charge in [-0.2, -0.15) is 0 Å². The van der Waals surface area contributed by atoms with E-state index in [-0.39, 0.29) is 5.78 Å². The Kier molecular flexibility index (Phi) is 3.33. The standard InChI is InChI=1S/C13H21N3O/c1-3-7-16-8-6-15-12(16)9-11(17)13(2,14)10-4-5-10/h6,8,10H,3-5,7,9,14H2,1-2H3. The summed E-state index contributed by atoms with van der Waals surface area (Å²) in [5.41, 5.74) is 5.46. The molecule has 1 saturated carbocycles. The third kappa shape index (κ3) is 2.57. The number of nitrogens with zero attached hydrogens (tertiary/aromatic N) is 2. The minimum absolute atomic E-state index is 0.114. The third-order valence-corrected chi connectivity index (χ3v) is 3.61. The lowest BCUT2D eigenvalue weighted by Crippen LogP contribution is -2.48. The van der Waals surface area contributed by atoms with Crippen LogP contribution in [0.15, 0.2) is 12.4 Å². The molecule has 2 rings (SSSR count). The maximum atomic E-state index is 12.2. The predicted octanol–water partition coefficient (Wildman–Crippen LogP) is 1.53. The largest absolute Gasteiger partial charge is 0.335 e. The van der Waals surface area contributed by atoms with E-state index >= 15 is 0 Å². The number of Topliss-reactive ketones (excluding diaryl/α,β-unsaturated/α-hetero) is 1. The first-order valence-electron chi connectivity index (χ1n) is 6.38. The molecule has 1 fully saturated rings. The molecule has 1 heterocycles. The smallest absolute Gasteiger partial charge is 0.160 e. The van der Waals surface area contributed by atoms with Crippen LogP contribution in [0.2, 0.25) is 0 Å². The minimum atomic E-state index is -0.664. The van der Waals surface area contributed by atoms with Crippen molar-refractivity contribution < 1.29 is 4.79 Å². The number of aryl methyl sites for hydroxylation is 1. The lowest BCUT2D eigenvalue weighted by molar-refractivity contribution is -0.123. The Morgan fingerprint density at radius 3 is 2.94 bits per heavy atom. The molecule has 0 aliphatic heterocycles. The molecule has 0 aromatic carbocycles. The fourth-order valence-electron chi connectivity index (χ4n) is 2.20. The summed E-state index contributed by atoms with van der Waals surface area (Å²) >= 11 is 0. The molecule has 0 amide bonds. The van der Waals surface area contributed by atoms with E-state index in [1.165, 1.54) is 0 Å². The quantitative estimate of drug-likeness (QED) is 0.813. The highest BCUT2D eigenvalue weighted by Crippen LogP contribution is 2.38. The zero-order valence-corrected chi connectivity index (χ0v) is 10.6. The Morgan fingerprint density at radius 1 is 1.65 bits per heavy atom. The summed E-state index contributed by atoms with van der Waals surface area (Å²) in [5, 5.41) is 0. The van der Waals surface area contributed by atoms with E-state index in [4.69, 9.17) is 5.73 Å². The number of hydrogen-bond donors (Lipinski definition) is 1. The number of rotatable bonds is 6. The van der Waals surface area contributed by atoms with Crippen molar-refractivity contribution in [2.75, 3.05) is 0 Å². The molecule has 1 aromatic heterocycles. The van der Waals surface area contributed by atoms with Crippen molar-refractivity contribution >= 4 is 5.78 Å². The summed E-state index contributed by atoms with van der Waals surface area (Å²) in [4.78, 5) is 16.4. The lowest BCUT2D eigenvalue weighted by atomic mass is 9.90. The minimum Gasteiger partial charge on any atom is -0.335 e. The average Bonchev–Trinajstić information content (AvgIpc) is 3.05. The third-order valence-electron chi connectivity index (χ3n) is 3.61. The molecule has 1 aromatic rings. The van der Waals surface area contributed by atoms with Crippen LogP contribution >= 0.6 is 0 Å². The maximum Gasteiger partial charge on any atom is 0.160 e. The van der Waals surface area contributed by atoms with Crippen LogP contribution in [0.25, 0.3) is 0 Å². The Labute approximate surface area is 102 Å². The van der Waals surface area contributed by atoms with E-state index in [1.54, 1.807) is 6.20 Å². The molecule has 1 unspecified atom stereocenters. The average molecular weight is 235 g/mol. The number of ketones is 1. The summed E-state index contributed by atoms with van der Waals surface area (Å²) in [6.07, 6.45) is 7.25. The van der Waals surface area contributed by atoms with Gasteiger partial charge in [-0.25, -0.2) is 4.98 Å². The first-order valence-corrected chi connectivity index (χ1v) is 6.38. The fraction of sp³-hybridized carbons (Fsp3) is 0.692. The predicted molar refractivity (Wildman–Crippen MR) is 66.5 cm³/mol. The Bertz CT molecular complexity index is 405. The van der Waals surface area contributed by atoms with Gasteiger partial charge in [0.05, 0.1) is 12.0 Å². The second-order valence-corrected chi connectivity index (χ2v) is 5.19. The second kappa shape index (κ2) is 4.61. The van der Waals surface area contributed by atoms with Crippen molar-refractivity contribution in [1.29, 1.82) is 0 Å². The van der Waals surface area contributed by atoms with E-state index in [0.717, 1.165) is 31.6 Å². The maximum absolute atomic E-state index is 12.2. The highest BCUT2D eigenvalue weighted by Gasteiger charge is 2.43. The zero-order chi connectivity index (χ0) is 12.5. The Morgan fingerprint density at radius 2 is 2.35 bits per heavy atom. The van der Waals surface area contributed by atoms with E-state index in [0.29, 0.717) is 12.3 Å². The van der Waals surface area contributed by atoms with Crippen molar-refractivity contribution in [2.24, 2.45) is 11.7 Å². The monoisotopic (exact) mass is 235 g/mol. The zero-order valence-electron chi connectivity index (χ0n) is 10.6. The van der Waals surface area contributed by atoms with Gasteiger partial charge in [0.1, 0.15) is 5.82 Å². The van der Waals surface area contributed by atoms with Crippen LogP contribution < -0.4 is 5.73 Å². The fourth-order valence-corrected chi connectivity index (χ4v) is 2.20. The first kappa shape index (κ1) is 12.3. The topological polar surface area (TPSA) is 60.9 Å². The van der Waals surface area contributed by atoms with Crippen LogP contribution in [-0.4, -0.2) is 20.9 Å². The van der Waals surface area contributed by atoms with E-state index in [2.05, 4.69) is 11.9 Å². The van der Waals surface area contributed by atoms with Gasteiger partial charge in [-0.1, -0.05) is 6.92 Å². The van der Waals surface area contributed by atoms with Gasteiger partial charge >= 0.3 is 0 Å². The molecular weight excluding hydrogens is 214 g/mol. The Hall–Kier alpha value is -1.16. The van der Waals surface area contributed by atoms with Gasteiger partial charge in [0.2, 0.25) is 0 Å². The van der Waals surface area contributed by atoms with Crippen LogP contribution in [-0.2, 0) is 17.8 Å². The molecule has 4 heteroatoms. The van der Waals surface area contributed by atoms with Gasteiger partial charge < -0.3 is 10.3 Å². The molecule has 0 radical (unpaired) electrons. The van der Waals surface area contributed by atoms with Crippen LogP contribution in [0.3, 0.4) is 0 Å². The summed E-state index contributed by atoms with van der Waals surface area (Å²) in [5.74, 6) is 1.34. The summed E-state index contributed by atoms with van der Waals surface area (Å²) < 4.78 is 2.04. The summed E-state index contributed by atoms with van der Waals surface area (Å²) in [6.45, 7) is 4.89. The first-order chi connectivity index (χ1) is 8.05. The van der Waals surface area contributed by atoms with Crippen LogP contribution in [0.4, 0.5) is 0 Å². The molecule has 2 N–H and O–H groups in total. The lowest BCUT2D eigenvalue weighted by Gasteiger charge is -2.22. The number of hydrogen-bond acceptors (Lipinski definition) is 3. The van der Waals surface area contributed by atoms with Crippen molar-refractivity contribution in [1.82, 2.24) is 9.55 Å². The summed E-state index contributed by atoms with van der Waals surface area (Å²) in [6, 6.07) is 0. The molecular formula is C13H21N3O. The highest BCUT2D eigenvalue weighted by molar-refractivity contribution is 5.89. The summed E-state index contributed by atoms with van der Waals surface area (Å²) in [7, 11) is 0. The van der Waals surface area contributed by atoms with Crippen molar-refractivity contribution in [3.8, 4) is 0 Å². The van der Waals surface area contributed by atoms with Crippen molar-refractivity contribution in [3.63, 3.8) is 0 Å². The van der Waals surface area contributed by atoms with Gasteiger partial charge in [-0.3, -0.25) is 4.79 Å². The molecule has 17 heavy (non-hydrogen) atoms. The van der Waals surface area contributed by atoms with E-state index in [1.807, 2.05) is 17.7 Å².